The number of rotatable bonds is 5. The summed E-state index contributed by atoms with van der Waals surface area (Å²) >= 11 is 5.83. The van der Waals surface area contributed by atoms with Crippen LogP contribution in [0.1, 0.15) is 16.8 Å². The lowest BCUT2D eigenvalue weighted by Gasteiger charge is -2.06. The molecular weight excluding hydrogens is 258 g/mol. The smallest absolute Gasteiger partial charge is 0.144 e. The number of halogens is 1. The van der Waals surface area contributed by atoms with Crippen LogP contribution in [0.4, 0.5) is 0 Å². The molecule has 4 heteroatoms. The molecule has 0 amide bonds. The van der Waals surface area contributed by atoms with E-state index in [0.717, 1.165) is 23.6 Å². The van der Waals surface area contributed by atoms with Crippen molar-refractivity contribution in [2.75, 3.05) is 6.54 Å². The Bertz CT molecular complexity index is 573. The molecular formula is C15H14ClN3. The van der Waals surface area contributed by atoms with E-state index in [4.69, 9.17) is 16.9 Å². The molecule has 0 fully saturated rings. The number of hydrogen-bond donors (Lipinski definition) is 1. The Labute approximate surface area is 117 Å². The second kappa shape index (κ2) is 6.89. The van der Waals surface area contributed by atoms with Gasteiger partial charge in [-0.25, -0.2) is 4.98 Å². The molecule has 1 N–H and O–H groups in total. The summed E-state index contributed by atoms with van der Waals surface area (Å²) in [5.41, 5.74) is 2.66. The standard InChI is InChI=1S/C15H14ClN3/c16-14-5-3-12(4-6-14)7-9-18-11-13-2-1-8-19-15(13)10-17/h1-6,8,18H,7,9,11H2. The third kappa shape index (κ3) is 4.06. The third-order valence-electron chi connectivity index (χ3n) is 2.82. The first-order valence-corrected chi connectivity index (χ1v) is 6.46. The molecule has 0 aliphatic carbocycles. The summed E-state index contributed by atoms with van der Waals surface area (Å²) in [7, 11) is 0. The van der Waals surface area contributed by atoms with E-state index in [9.17, 15) is 0 Å². The van der Waals surface area contributed by atoms with Crippen molar-refractivity contribution in [1.29, 1.82) is 5.26 Å². The minimum Gasteiger partial charge on any atom is -0.312 e. The van der Waals surface area contributed by atoms with E-state index >= 15 is 0 Å². The summed E-state index contributed by atoms with van der Waals surface area (Å²) in [5.74, 6) is 0. The molecule has 0 spiro atoms. The topological polar surface area (TPSA) is 48.7 Å². The lowest BCUT2D eigenvalue weighted by atomic mass is 10.1. The highest BCUT2D eigenvalue weighted by atomic mass is 35.5. The average molecular weight is 272 g/mol. The maximum atomic E-state index is 8.93. The Morgan fingerprint density at radius 1 is 1.21 bits per heavy atom. The van der Waals surface area contributed by atoms with Crippen molar-refractivity contribution >= 4 is 11.6 Å². The molecule has 2 rings (SSSR count). The summed E-state index contributed by atoms with van der Waals surface area (Å²) in [6.45, 7) is 1.51. The van der Waals surface area contributed by atoms with Gasteiger partial charge >= 0.3 is 0 Å². The van der Waals surface area contributed by atoms with Crippen molar-refractivity contribution in [1.82, 2.24) is 10.3 Å². The van der Waals surface area contributed by atoms with E-state index < -0.39 is 0 Å². The van der Waals surface area contributed by atoms with Crippen molar-refractivity contribution in [2.24, 2.45) is 0 Å². The molecule has 0 unspecified atom stereocenters. The van der Waals surface area contributed by atoms with Crippen LogP contribution < -0.4 is 5.32 Å². The van der Waals surface area contributed by atoms with E-state index in [1.54, 1.807) is 6.20 Å². The Morgan fingerprint density at radius 2 is 2.00 bits per heavy atom. The minimum atomic E-state index is 0.487. The Morgan fingerprint density at radius 3 is 2.74 bits per heavy atom. The number of nitrogens with zero attached hydrogens (tertiary/aromatic N) is 2. The van der Waals surface area contributed by atoms with Crippen molar-refractivity contribution in [2.45, 2.75) is 13.0 Å². The summed E-state index contributed by atoms with van der Waals surface area (Å²) in [5, 5.41) is 13.0. The molecule has 0 bridgehead atoms. The highest BCUT2D eigenvalue weighted by molar-refractivity contribution is 6.30. The fraction of sp³-hybridized carbons (Fsp3) is 0.200. The Hall–Kier alpha value is -1.89. The van der Waals surface area contributed by atoms with Crippen LogP contribution >= 0.6 is 11.6 Å². The predicted octanol–water partition coefficient (Wildman–Crippen LogP) is 2.94. The van der Waals surface area contributed by atoms with Crippen LogP contribution in [0.2, 0.25) is 5.02 Å². The molecule has 0 saturated carbocycles. The first-order chi connectivity index (χ1) is 9.29. The molecule has 0 atom stereocenters. The van der Waals surface area contributed by atoms with Gasteiger partial charge < -0.3 is 5.32 Å². The molecule has 0 aliphatic rings. The first-order valence-electron chi connectivity index (χ1n) is 6.09. The highest BCUT2D eigenvalue weighted by Gasteiger charge is 2.01. The van der Waals surface area contributed by atoms with E-state index in [2.05, 4.69) is 16.4 Å². The SMILES string of the molecule is N#Cc1ncccc1CNCCc1ccc(Cl)cc1. The minimum absolute atomic E-state index is 0.487. The van der Waals surface area contributed by atoms with Gasteiger partial charge in [0, 0.05) is 23.3 Å². The van der Waals surface area contributed by atoms with Gasteiger partial charge in [-0.2, -0.15) is 5.26 Å². The van der Waals surface area contributed by atoms with Crippen LogP contribution in [0.15, 0.2) is 42.6 Å². The summed E-state index contributed by atoms with van der Waals surface area (Å²) in [6, 6.07) is 13.7. The first kappa shape index (κ1) is 13.5. The monoisotopic (exact) mass is 271 g/mol. The zero-order valence-electron chi connectivity index (χ0n) is 10.4. The molecule has 0 aliphatic heterocycles. The zero-order valence-corrected chi connectivity index (χ0v) is 11.2. The van der Waals surface area contributed by atoms with E-state index in [1.165, 1.54) is 5.56 Å². The Balaban J connectivity index is 1.81. The second-order valence-corrected chi connectivity index (χ2v) is 4.61. The molecule has 0 saturated heterocycles. The third-order valence-corrected chi connectivity index (χ3v) is 3.07. The summed E-state index contributed by atoms with van der Waals surface area (Å²) in [6.07, 6.45) is 2.56. The van der Waals surface area contributed by atoms with Gasteiger partial charge in [-0.1, -0.05) is 29.8 Å². The molecule has 2 aromatic rings. The fourth-order valence-electron chi connectivity index (χ4n) is 1.79. The quantitative estimate of drug-likeness (QED) is 0.851. The number of hydrogen-bond acceptors (Lipinski definition) is 3. The maximum absolute atomic E-state index is 8.93. The van der Waals surface area contributed by atoms with Crippen molar-refractivity contribution in [3.8, 4) is 6.07 Å². The number of pyridine rings is 1. The van der Waals surface area contributed by atoms with Crippen LogP contribution in [0.25, 0.3) is 0 Å². The molecule has 1 aromatic carbocycles. The molecule has 1 aromatic heterocycles. The summed E-state index contributed by atoms with van der Waals surface area (Å²) < 4.78 is 0. The number of nitrogens with one attached hydrogen (secondary N) is 1. The second-order valence-electron chi connectivity index (χ2n) is 4.18. The van der Waals surface area contributed by atoms with Gasteiger partial charge in [-0.15, -0.1) is 0 Å². The number of benzene rings is 1. The molecule has 1 heterocycles. The van der Waals surface area contributed by atoms with Gasteiger partial charge in [0.1, 0.15) is 11.8 Å². The number of nitriles is 1. The lowest BCUT2D eigenvalue weighted by molar-refractivity contribution is 0.684. The average Bonchev–Trinajstić information content (AvgIpc) is 2.46. The maximum Gasteiger partial charge on any atom is 0.144 e. The van der Waals surface area contributed by atoms with E-state index in [0.29, 0.717) is 12.2 Å². The van der Waals surface area contributed by atoms with Crippen molar-refractivity contribution < 1.29 is 0 Å². The van der Waals surface area contributed by atoms with Crippen LogP contribution in [-0.2, 0) is 13.0 Å². The van der Waals surface area contributed by atoms with Gasteiger partial charge in [0.25, 0.3) is 0 Å². The lowest BCUT2D eigenvalue weighted by Crippen LogP contribution is -2.17. The van der Waals surface area contributed by atoms with Crippen LogP contribution in [0.3, 0.4) is 0 Å². The fourth-order valence-corrected chi connectivity index (χ4v) is 1.91. The predicted molar refractivity (Wildman–Crippen MR) is 75.8 cm³/mol. The molecule has 3 nitrogen and oxygen atoms in total. The summed E-state index contributed by atoms with van der Waals surface area (Å²) in [4.78, 5) is 4.03. The molecule has 19 heavy (non-hydrogen) atoms. The molecule has 96 valence electrons. The van der Waals surface area contributed by atoms with E-state index in [1.807, 2.05) is 36.4 Å². The Kier molecular flexibility index (Phi) is 4.91. The zero-order chi connectivity index (χ0) is 13.5. The van der Waals surface area contributed by atoms with Gasteiger partial charge in [0.2, 0.25) is 0 Å². The van der Waals surface area contributed by atoms with Crippen molar-refractivity contribution in [3.05, 3.63) is 64.4 Å². The van der Waals surface area contributed by atoms with E-state index in [-0.39, 0.29) is 0 Å². The number of aromatic nitrogens is 1. The normalized spacial score (nSPS) is 10.1. The van der Waals surface area contributed by atoms with Crippen molar-refractivity contribution in [3.63, 3.8) is 0 Å². The highest BCUT2D eigenvalue weighted by Crippen LogP contribution is 2.09. The van der Waals surface area contributed by atoms with Crippen LogP contribution in [-0.4, -0.2) is 11.5 Å². The van der Waals surface area contributed by atoms with Crippen LogP contribution in [0.5, 0.6) is 0 Å². The van der Waals surface area contributed by atoms with Gasteiger partial charge in [-0.3, -0.25) is 0 Å². The van der Waals surface area contributed by atoms with Gasteiger partial charge in [0.05, 0.1) is 0 Å². The van der Waals surface area contributed by atoms with Gasteiger partial charge in [0.15, 0.2) is 0 Å². The van der Waals surface area contributed by atoms with Gasteiger partial charge in [-0.05, 0) is 36.7 Å². The molecule has 0 radical (unpaired) electrons. The largest absolute Gasteiger partial charge is 0.312 e. The van der Waals surface area contributed by atoms with Crippen LogP contribution in [0, 0.1) is 11.3 Å².